The molecule has 0 aliphatic carbocycles. The highest BCUT2D eigenvalue weighted by molar-refractivity contribution is 6.00. The van der Waals surface area contributed by atoms with Crippen molar-refractivity contribution in [2.24, 2.45) is 4.99 Å². The second-order valence-electron chi connectivity index (χ2n) is 8.08. The molecule has 0 fully saturated rings. The van der Waals surface area contributed by atoms with E-state index >= 15 is 0 Å². The minimum Gasteiger partial charge on any atom is -0.493 e. The molecule has 1 unspecified atom stereocenters. The van der Waals surface area contributed by atoms with E-state index in [1.165, 1.54) is 6.92 Å². The first-order valence-corrected chi connectivity index (χ1v) is 10.7. The van der Waals surface area contributed by atoms with Gasteiger partial charge in [0.15, 0.2) is 5.82 Å². The first-order valence-electron chi connectivity index (χ1n) is 10.7. The number of carbonyl (C=O) groups excluding carboxylic acids is 1. The predicted molar refractivity (Wildman–Crippen MR) is 121 cm³/mol. The molecule has 2 aromatic carbocycles. The van der Waals surface area contributed by atoms with Crippen LogP contribution in [0.3, 0.4) is 0 Å². The van der Waals surface area contributed by atoms with E-state index in [-0.39, 0.29) is 18.5 Å². The van der Waals surface area contributed by atoms with Gasteiger partial charge in [-0.3, -0.25) is 14.4 Å². The largest absolute Gasteiger partial charge is 0.493 e. The standard InChI is InChI=1S/C25H27N3O4/c1-16(2)31-20-11-9-19(10-12-20)14-22-25(30)28-23(32-17(3)29)15-26-21(24(28)27-22)13-18-7-5-4-6-8-18/h4-12,16,23,30H,13-15H2,1-3H3. The summed E-state index contributed by atoms with van der Waals surface area (Å²) >= 11 is 0. The van der Waals surface area contributed by atoms with Crippen molar-refractivity contribution < 1.29 is 19.4 Å². The van der Waals surface area contributed by atoms with Crippen LogP contribution in [-0.4, -0.2) is 39.0 Å². The van der Waals surface area contributed by atoms with Crippen molar-refractivity contribution in [2.75, 3.05) is 6.54 Å². The predicted octanol–water partition coefficient (Wildman–Crippen LogP) is 4.07. The molecule has 0 spiro atoms. The summed E-state index contributed by atoms with van der Waals surface area (Å²) in [6.45, 7) is 5.54. The fraction of sp³-hybridized carbons (Fsp3) is 0.320. The van der Waals surface area contributed by atoms with Crippen molar-refractivity contribution in [1.29, 1.82) is 0 Å². The average Bonchev–Trinajstić information content (AvgIpc) is 3.08. The number of nitrogens with zero attached hydrogens (tertiary/aromatic N) is 3. The molecule has 7 heteroatoms. The molecule has 166 valence electrons. The van der Waals surface area contributed by atoms with Crippen LogP contribution < -0.4 is 4.74 Å². The quantitative estimate of drug-likeness (QED) is 0.568. The van der Waals surface area contributed by atoms with Crippen molar-refractivity contribution in [2.45, 2.75) is 45.9 Å². The molecule has 1 aliphatic heterocycles. The number of hydrogen-bond donors (Lipinski definition) is 1. The second kappa shape index (κ2) is 9.26. The third-order valence-corrected chi connectivity index (χ3v) is 5.12. The first kappa shape index (κ1) is 21.6. The molecule has 2 heterocycles. The van der Waals surface area contributed by atoms with Gasteiger partial charge in [-0.1, -0.05) is 42.5 Å². The van der Waals surface area contributed by atoms with Crippen LogP contribution >= 0.6 is 0 Å². The summed E-state index contributed by atoms with van der Waals surface area (Å²) in [5, 5.41) is 11.0. The van der Waals surface area contributed by atoms with Gasteiger partial charge in [-0.25, -0.2) is 4.98 Å². The summed E-state index contributed by atoms with van der Waals surface area (Å²) in [7, 11) is 0. The van der Waals surface area contributed by atoms with Crippen molar-refractivity contribution in [1.82, 2.24) is 9.55 Å². The van der Waals surface area contributed by atoms with Gasteiger partial charge >= 0.3 is 5.97 Å². The molecule has 1 aromatic heterocycles. The molecular weight excluding hydrogens is 406 g/mol. The SMILES string of the molecule is CC(=O)OC1CN=C(Cc2ccccc2)c2nc(Cc3ccc(OC(C)C)cc3)c(O)n21. The number of aromatic hydroxyl groups is 1. The van der Waals surface area contributed by atoms with Gasteiger partial charge in [0.1, 0.15) is 11.4 Å². The maximum absolute atomic E-state index is 11.6. The molecule has 3 aromatic rings. The lowest BCUT2D eigenvalue weighted by Crippen LogP contribution is -2.28. The Morgan fingerprint density at radius 3 is 2.44 bits per heavy atom. The summed E-state index contributed by atoms with van der Waals surface area (Å²) in [5.74, 6) is 0.884. The number of aliphatic imine (C=N–C) groups is 1. The van der Waals surface area contributed by atoms with E-state index in [0.29, 0.717) is 24.4 Å². The van der Waals surface area contributed by atoms with Crippen LogP contribution in [0.5, 0.6) is 11.6 Å². The van der Waals surface area contributed by atoms with Gasteiger partial charge in [0.25, 0.3) is 0 Å². The molecule has 0 bridgehead atoms. The number of esters is 1. The van der Waals surface area contributed by atoms with Crippen LogP contribution in [0.2, 0.25) is 0 Å². The number of imidazole rings is 1. The molecule has 0 saturated heterocycles. The van der Waals surface area contributed by atoms with Crippen molar-refractivity contribution in [3.8, 4) is 11.6 Å². The van der Waals surface area contributed by atoms with Crippen molar-refractivity contribution in [3.05, 3.63) is 77.2 Å². The Morgan fingerprint density at radius 1 is 1.09 bits per heavy atom. The van der Waals surface area contributed by atoms with Crippen LogP contribution in [0, 0.1) is 0 Å². The number of aromatic nitrogens is 2. The van der Waals surface area contributed by atoms with Crippen LogP contribution in [0.4, 0.5) is 0 Å². The molecule has 1 N–H and O–H groups in total. The van der Waals surface area contributed by atoms with E-state index < -0.39 is 12.2 Å². The maximum atomic E-state index is 11.6. The molecule has 1 aliphatic rings. The lowest BCUT2D eigenvalue weighted by molar-refractivity contribution is -0.150. The molecule has 1 atom stereocenters. The summed E-state index contributed by atoms with van der Waals surface area (Å²) in [6, 6.07) is 17.7. The van der Waals surface area contributed by atoms with E-state index in [0.717, 1.165) is 22.6 Å². The molecular formula is C25H27N3O4. The number of ether oxygens (including phenoxy) is 2. The summed E-state index contributed by atoms with van der Waals surface area (Å²) in [4.78, 5) is 21.0. The Balaban J connectivity index is 1.64. The summed E-state index contributed by atoms with van der Waals surface area (Å²) in [6.07, 6.45) is 0.389. The highest BCUT2D eigenvalue weighted by Gasteiger charge is 2.31. The normalized spacial score (nSPS) is 15.2. The first-order chi connectivity index (χ1) is 15.4. The van der Waals surface area contributed by atoms with E-state index in [4.69, 9.17) is 14.5 Å². The zero-order valence-electron chi connectivity index (χ0n) is 18.5. The highest BCUT2D eigenvalue weighted by Crippen LogP contribution is 2.31. The van der Waals surface area contributed by atoms with Gasteiger partial charge < -0.3 is 14.6 Å². The highest BCUT2D eigenvalue weighted by atomic mass is 16.6. The number of hydrogen-bond acceptors (Lipinski definition) is 6. The molecule has 0 radical (unpaired) electrons. The third-order valence-electron chi connectivity index (χ3n) is 5.12. The Morgan fingerprint density at radius 2 is 1.78 bits per heavy atom. The number of carbonyl (C=O) groups is 1. The monoisotopic (exact) mass is 433 g/mol. The third kappa shape index (κ3) is 4.82. The Kier molecular flexibility index (Phi) is 6.25. The van der Waals surface area contributed by atoms with Crippen LogP contribution in [-0.2, 0) is 22.4 Å². The molecule has 32 heavy (non-hydrogen) atoms. The summed E-state index contributed by atoms with van der Waals surface area (Å²) < 4.78 is 12.7. The van der Waals surface area contributed by atoms with Crippen LogP contribution in [0.1, 0.15) is 49.6 Å². The van der Waals surface area contributed by atoms with Crippen LogP contribution in [0.25, 0.3) is 0 Å². The second-order valence-corrected chi connectivity index (χ2v) is 8.08. The molecule has 0 saturated carbocycles. The van der Waals surface area contributed by atoms with Gasteiger partial charge in [0.05, 0.1) is 18.4 Å². The topological polar surface area (TPSA) is 85.9 Å². The van der Waals surface area contributed by atoms with Crippen molar-refractivity contribution >= 4 is 11.7 Å². The Labute approximate surface area is 187 Å². The zero-order valence-corrected chi connectivity index (χ0v) is 18.5. The summed E-state index contributed by atoms with van der Waals surface area (Å²) in [5.41, 5.74) is 3.34. The van der Waals surface area contributed by atoms with Gasteiger partial charge in [-0.15, -0.1) is 0 Å². The number of fused-ring (bicyclic) bond motifs is 1. The lowest BCUT2D eigenvalue weighted by atomic mass is 10.1. The van der Waals surface area contributed by atoms with E-state index in [1.54, 1.807) is 4.57 Å². The minimum atomic E-state index is -0.718. The van der Waals surface area contributed by atoms with Gasteiger partial charge in [0.2, 0.25) is 12.1 Å². The van der Waals surface area contributed by atoms with Crippen LogP contribution in [0.15, 0.2) is 59.6 Å². The fourth-order valence-corrected chi connectivity index (χ4v) is 3.76. The average molecular weight is 434 g/mol. The smallest absolute Gasteiger partial charge is 0.304 e. The Bertz CT molecular complexity index is 1120. The molecule has 7 nitrogen and oxygen atoms in total. The van der Waals surface area contributed by atoms with Gasteiger partial charge in [-0.2, -0.15) is 0 Å². The van der Waals surface area contributed by atoms with Gasteiger partial charge in [-0.05, 0) is 37.1 Å². The van der Waals surface area contributed by atoms with E-state index in [9.17, 15) is 9.90 Å². The molecule has 4 rings (SSSR count). The van der Waals surface area contributed by atoms with E-state index in [2.05, 4.69) is 4.99 Å². The lowest BCUT2D eigenvalue weighted by Gasteiger charge is -2.24. The maximum Gasteiger partial charge on any atom is 0.304 e. The molecule has 0 amide bonds. The number of rotatable bonds is 7. The fourth-order valence-electron chi connectivity index (χ4n) is 3.76. The van der Waals surface area contributed by atoms with Gasteiger partial charge in [0, 0.05) is 19.8 Å². The van der Waals surface area contributed by atoms with Crippen molar-refractivity contribution in [3.63, 3.8) is 0 Å². The Hall–Kier alpha value is -3.61. The van der Waals surface area contributed by atoms with E-state index in [1.807, 2.05) is 68.4 Å². The zero-order chi connectivity index (χ0) is 22.7. The minimum absolute atomic E-state index is 0.00535. The number of benzene rings is 2.